The third-order valence-corrected chi connectivity index (χ3v) is 5.44. The molecule has 0 radical (unpaired) electrons. The van der Waals surface area contributed by atoms with Crippen LogP contribution >= 0.6 is 23.4 Å². The summed E-state index contributed by atoms with van der Waals surface area (Å²) >= 11 is 6.97. The van der Waals surface area contributed by atoms with Crippen LogP contribution in [0.1, 0.15) is 0 Å². The van der Waals surface area contributed by atoms with Crippen molar-refractivity contribution in [2.45, 2.75) is 11.8 Å². The van der Waals surface area contributed by atoms with Crippen LogP contribution in [0.3, 0.4) is 0 Å². The Bertz CT molecular complexity index is 1030. The Morgan fingerprint density at radius 3 is 2.47 bits per heavy atom. The highest BCUT2D eigenvalue weighted by atomic mass is 35.5. The third kappa shape index (κ3) is 6.47. The van der Waals surface area contributed by atoms with E-state index in [9.17, 15) is 13.6 Å². The SMILES string of the molecule is CN(CCOc1ccc(Cl)cc1)C(=O)CSc1nnc(-c2ccc(OC(F)F)cc2)n1N. The Kier molecular flexibility index (Phi) is 8.12. The van der Waals surface area contributed by atoms with Crippen molar-refractivity contribution >= 4 is 29.3 Å². The van der Waals surface area contributed by atoms with Crippen LogP contribution in [-0.4, -0.2) is 58.2 Å². The number of carbonyl (C=O) groups is 1. The molecule has 2 N–H and O–H groups in total. The molecule has 1 heterocycles. The minimum atomic E-state index is -2.90. The molecule has 3 aromatic rings. The van der Waals surface area contributed by atoms with Gasteiger partial charge in [-0.2, -0.15) is 8.78 Å². The second-order valence-corrected chi connectivity index (χ2v) is 7.86. The number of nitrogens with two attached hydrogens (primary N) is 1. The maximum atomic E-state index is 12.4. The van der Waals surface area contributed by atoms with Crippen molar-refractivity contribution in [3.05, 3.63) is 53.6 Å². The number of hydrogen-bond donors (Lipinski definition) is 1. The van der Waals surface area contributed by atoms with Gasteiger partial charge >= 0.3 is 6.61 Å². The number of carbonyl (C=O) groups excluding carboxylic acids is 1. The Morgan fingerprint density at radius 1 is 1.16 bits per heavy atom. The zero-order valence-electron chi connectivity index (χ0n) is 17.0. The van der Waals surface area contributed by atoms with Gasteiger partial charge in [-0.1, -0.05) is 23.4 Å². The average molecular weight is 484 g/mol. The summed E-state index contributed by atoms with van der Waals surface area (Å²) in [5.41, 5.74) is 0.566. The van der Waals surface area contributed by atoms with Crippen LogP contribution in [0.4, 0.5) is 8.78 Å². The number of hydrogen-bond acceptors (Lipinski definition) is 7. The first-order chi connectivity index (χ1) is 15.3. The Labute approximate surface area is 192 Å². The van der Waals surface area contributed by atoms with Gasteiger partial charge in [0.2, 0.25) is 11.1 Å². The van der Waals surface area contributed by atoms with Crippen molar-refractivity contribution in [2.75, 3.05) is 31.8 Å². The van der Waals surface area contributed by atoms with Crippen LogP contribution in [0.25, 0.3) is 11.4 Å². The fraction of sp³-hybridized carbons (Fsp3) is 0.250. The molecule has 8 nitrogen and oxygen atoms in total. The molecule has 0 fully saturated rings. The van der Waals surface area contributed by atoms with Crippen LogP contribution in [-0.2, 0) is 4.79 Å². The van der Waals surface area contributed by atoms with E-state index >= 15 is 0 Å². The minimum Gasteiger partial charge on any atom is -0.492 e. The quantitative estimate of drug-likeness (QED) is 0.348. The molecule has 12 heteroatoms. The third-order valence-electron chi connectivity index (χ3n) is 4.26. The molecule has 0 aliphatic heterocycles. The fourth-order valence-corrected chi connectivity index (χ4v) is 3.47. The van der Waals surface area contributed by atoms with Crippen LogP contribution in [0.5, 0.6) is 11.5 Å². The average Bonchev–Trinajstić information content (AvgIpc) is 3.13. The van der Waals surface area contributed by atoms with Crippen molar-refractivity contribution in [1.82, 2.24) is 19.8 Å². The normalized spacial score (nSPS) is 10.9. The molecule has 2 aromatic carbocycles. The lowest BCUT2D eigenvalue weighted by Crippen LogP contribution is -2.32. The van der Waals surface area contributed by atoms with Crippen LogP contribution in [0.15, 0.2) is 53.7 Å². The highest BCUT2D eigenvalue weighted by Gasteiger charge is 2.16. The number of likely N-dealkylation sites (N-methyl/N-ethyl adjacent to an activating group) is 1. The summed E-state index contributed by atoms with van der Waals surface area (Å²) in [4.78, 5) is 13.9. The van der Waals surface area contributed by atoms with Gasteiger partial charge in [0.25, 0.3) is 0 Å². The Morgan fingerprint density at radius 2 is 1.81 bits per heavy atom. The molecule has 170 valence electrons. The van der Waals surface area contributed by atoms with Gasteiger partial charge in [-0.05, 0) is 48.5 Å². The molecule has 1 aromatic heterocycles. The highest BCUT2D eigenvalue weighted by molar-refractivity contribution is 7.99. The lowest BCUT2D eigenvalue weighted by molar-refractivity contribution is -0.127. The topological polar surface area (TPSA) is 95.5 Å². The number of amides is 1. The first kappa shape index (κ1) is 23.6. The molecule has 32 heavy (non-hydrogen) atoms. The van der Waals surface area contributed by atoms with E-state index in [0.717, 1.165) is 11.8 Å². The summed E-state index contributed by atoms with van der Waals surface area (Å²) in [7, 11) is 1.68. The van der Waals surface area contributed by atoms with Gasteiger partial charge in [0, 0.05) is 17.6 Å². The molecule has 0 atom stereocenters. The molecule has 3 rings (SSSR count). The van der Waals surface area contributed by atoms with E-state index in [2.05, 4.69) is 14.9 Å². The van der Waals surface area contributed by atoms with E-state index in [1.807, 2.05) is 0 Å². The molecular formula is C20H20ClF2N5O3S. The summed E-state index contributed by atoms with van der Waals surface area (Å²) in [6.07, 6.45) is 0. The number of thioether (sulfide) groups is 1. The summed E-state index contributed by atoms with van der Waals surface area (Å²) in [5.74, 6) is 7.03. The van der Waals surface area contributed by atoms with Crippen molar-refractivity contribution in [3.8, 4) is 22.9 Å². The Balaban J connectivity index is 1.49. The standard InChI is InChI=1S/C20H20ClF2N5O3S/c1-27(10-11-30-15-8-4-14(21)5-9-15)17(29)12-32-20-26-25-18(28(20)24)13-2-6-16(7-3-13)31-19(22)23/h2-9,19H,10-12,24H2,1H3. The van der Waals surface area contributed by atoms with Gasteiger partial charge in [-0.25, -0.2) is 4.68 Å². The van der Waals surface area contributed by atoms with Gasteiger partial charge in [-0.15, -0.1) is 10.2 Å². The largest absolute Gasteiger partial charge is 0.492 e. The van der Waals surface area contributed by atoms with E-state index in [0.29, 0.717) is 40.5 Å². The first-order valence-electron chi connectivity index (χ1n) is 9.34. The number of nitrogens with zero attached hydrogens (tertiary/aromatic N) is 4. The second kappa shape index (κ2) is 11.0. The molecule has 0 unspecified atom stereocenters. The van der Waals surface area contributed by atoms with Crippen LogP contribution in [0, 0.1) is 0 Å². The van der Waals surface area contributed by atoms with Gasteiger partial charge < -0.3 is 20.2 Å². The first-order valence-corrected chi connectivity index (χ1v) is 10.7. The van der Waals surface area contributed by atoms with E-state index in [-0.39, 0.29) is 17.4 Å². The van der Waals surface area contributed by atoms with Crippen LogP contribution < -0.4 is 15.3 Å². The summed E-state index contributed by atoms with van der Waals surface area (Å²) < 4.78 is 35.7. The molecular weight excluding hydrogens is 464 g/mol. The Hall–Kier alpha value is -3.05. The maximum absolute atomic E-state index is 12.4. The molecule has 0 aliphatic rings. The predicted octanol–water partition coefficient (Wildman–Crippen LogP) is 3.54. The van der Waals surface area contributed by atoms with Crippen molar-refractivity contribution in [2.24, 2.45) is 0 Å². The zero-order chi connectivity index (χ0) is 23.1. The van der Waals surface area contributed by atoms with E-state index < -0.39 is 6.61 Å². The predicted molar refractivity (Wildman–Crippen MR) is 118 cm³/mol. The smallest absolute Gasteiger partial charge is 0.387 e. The number of alkyl halides is 2. The number of ether oxygens (including phenoxy) is 2. The van der Waals surface area contributed by atoms with E-state index in [1.54, 1.807) is 48.3 Å². The lowest BCUT2D eigenvalue weighted by Gasteiger charge is -2.17. The second-order valence-electron chi connectivity index (χ2n) is 6.49. The molecule has 0 aliphatic carbocycles. The summed E-state index contributed by atoms with van der Waals surface area (Å²) in [5, 5.41) is 8.97. The molecule has 0 spiro atoms. The van der Waals surface area contributed by atoms with Crippen LogP contribution in [0.2, 0.25) is 5.02 Å². The molecule has 0 bridgehead atoms. The highest BCUT2D eigenvalue weighted by Crippen LogP contribution is 2.24. The van der Waals surface area contributed by atoms with Gasteiger partial charge in [0.15, 0.2) is 5.82 Å². The number of nitrogen functional groups attached to an aromatic ring is 1. The van der Waals surface area contributed by atoms with E-state index in [4.69, 9.17) is 22.2 Å². The summed E-state index contributed by atoms with van der Waals surface area (Å²) in [6.45, 7) is -2.17. The van der Waals surface area contributed by atoms with Gasteiger partial charge in [-0.3, -0.25) is 4.79 Å². The monoisotopic (exact) mass is 483 g/mol. The maximum Gasteiger partial charge on any atom is 0.387 e. The molecule has 0 saturated carbocycles. The molecule has 1 amide bonds. The van der Waals surface area contributed by atoms with E-state index in [1.165, 1.54) is 16.8 Å². The minimum absolute atomic E-state index is 0.0233. The number of halogens is 3. The fourth-order valence-electron chi connectivity index (χ4n) is 2.55. The number of rotatable bonds is 10. The number of benzene rings is 2. The number of aromatic nitrogens is 3. The zero-order valence-corrected chi connectivity index (χ0v) is 18.5. The summed E-state index contributed by atoms with van der Waals surface area (Å²) in [6, 6.07) is 12.8. The molecule has 0 saturated heterocycles. The van der Waals surface area contributed by atoms with Gasteiger partial charge in [0.1, 0.15) is 18.1 Å². The van der Waals surface area contributed by atoms with Crippen molar-refractivity contribution < 1.29 is 23.0 Å². The lowest BCUT2D eigenvalue weighted by atomic mass is 10.2. The van der Waals surface area contributed by atoms with Crippen molar-refractivity contribution in [3.63, 3.8) is 0 Å². The van der Waals surface area contributed by atoms with Gasteiger partial charge in [0.05, 0.1) is 12.3 Å². The van der Waals surface area contributed by atoms with Crippen molar-refractivity contribution in [1.29, 1.82) is 0 Å².